The molecular weight excluding hydrogens is 302 g/mol. The average Bonchev–Trinajstić information content (AvgIpc) is 3.08. The minimum Gasteiger partial charge on any atom is -0.497 e. The molecule has 1 heterocycles. The van der Waals surface area contributed by atoms with Crippen molar-refractivity contribution >= 4 is 23.8 Å². The first-order valence-corrected chi connectivity index (χ1v) is 6.66. The summed E-state index contributed by atoms with van der Waals surface area (Å²) >= 11 is 0. The second kappa shape index (κ2) is 7.21. The van der Waals surface area contributed by atoms with Gasteiger partial charge < -0.3 is 19.5 Å². The van der Waals surface area contributed by atoms with Crippen molar-refractivity contribution in [3.05, 3.63) is 41.8 Å². The first kappa shape index (κ1) is 16.2. The van der Waals surface area contributed by atoms with Crippen LogP contribution in [0.25, 0.3) is 0 Å². The van der Waals surface area contributed by atoms with E-state index in [1.165, 1.54) is 11.0 Å². The van der Waals surface area contributed by atoms with Crippen molar-refractivity contribution in [2.45, 2.75) is 0 Å². The summed E-state index contributed by atoms with van der Waals surface area (Å²) in [6.45, 7) is -0.218. The van der Waals surface area contributed by atoms with E-state index in [-0.39, 0.29) is 23.9 Å². The molecule has 23 heavy (non-hydrogen) atoms. The van der Waals surface area contributed by atoms with Gasteiger partial charge in [-0.3, -0.25) is 14.4 Å². The molecular formula is C15H15N3O5. The third-order valence-electron chi connectivity index (χ3n) is 3.11. The Morgan fingerprint density at radius 3 is 2.61 bits per heavy atom. The predicted molar refractivity (Wildman–Crippen MR) is 80.6 cm³/mol. The third kappa shape index (κ3) is 3.94. The molecule has 0 aliphatic heterocycles. The maximum atomic E-state index is 12.1. The molecule has 0 aliphatic rings. The van der Waals surface area contributed by atoms with Crippen LogP contribution in [0.5, 0.6) is 5.75 Å². The van der Waals surface area contributed by atoms with Crippen molar-refractivity contribution in [1.29, 1.82) is 0 Å². The van der Waals surface area contributed by atoms with Crippen LogP contribution in [-0.4, -0.2) is 44.0 Å². The zero-order valence-electron chi connectivity index (χ0n) is 12.6. The highest BCUT2D eigenvalue weighted by atomic mass is 16.5. The molecule has 120 valence electrons. The number of benzene rings is 1. The van der Waals surface area contributed by atoms with Crippen LogP contribution in [0.15, 0.2) is 34.9 Å². The summed E-state index contributed by atoms with van der Waals surface area (Å²) in [6, 6.07) is 8.11. The molecule has 0 atom stereocenters. The quantitative estimate of drug-likeness (QED) is 0.794. The molecule has 0 unspecified atom stereocenters. The van der Waals surface area contributed by atoms with Gasteiger partial charge in [0.05, 0.1) is 13.7 Å². The Bertz CT molecular complexity index is 708. The second-order valence-electron chi connectivity index (χ2n) is 4.57. The second-order valence-corrected chi connectivity index (χ2v) is 4.57. The normalized spacial score (nSPS) is 10.0. The van der Waals surface area contributed by atoms with Crippen molar-refractivity contribution in [2.24, 2.45) is 0 Å². The first-order chi connectivity index (χ1) is 11.0. The Balaban J connectivity index is 1.92. The topological polar surface area (TPSA) is 102 Å². The number of nitrogens with one attached hydrogen (secondary N) is 1. The van der Waals surface area contributed by atoms with Crippen LogP contribution in [0.1, 0.15) is 21.0 Å². The number of amides is 2. The van der Waals surface area contributed by atoms with Gasteiger partial charge in [-0.25, -0.2) is 0 Å². The molecule has 0 aliphatic carbocycles. The van der Waals surface area contributed by atoms with Crippen molar-refractivity contribution in [2.75, 3.05) is 25.6 Å². The number of anilines is 1. The zero-order chi connectivity index (χ0) is 16.8. The van der Waals surface area contributed by atoms with Crippen LogP contribution < -0.4 is 15.0 Å². The lowest BCUT2D eigenvalue weighted by Gasteiger charge is -2.17. The number of carbonyl (C=O) groups excluding carboxylic acids is 3. The number of likely N-dealkylation sites (N-methyl/N-ethyl adjacent to an activating group) is 1. The number of methoxy groups -OCH3 is 1. The van der Waals surface area contributed by atoms with Gasteiger partial charge in [-0.2, -0.15) is 0 Å². The lowest BCUT2D eigenvalue weighted by atomic mass is 10.2. The Kier molecular flexibility index (Phi) is 5.08. The summed E-state index contributed by atoms with van der Waals surface area (Å²) in [5.74, 6) is -0.294. The van der Waals surface area contributed by atoms with Gasteiger partial charge in [0.2, 0.25) is 5.91 Å². The number of carbonyl (C=O) groups is 3. The SMILES string of the molecule is COc1ccc(N(C)C(=O)CNC(=O)c2cc(C=O)on2)cc1. The smallest absolute Gasteiger partial charge is 0.273 e. The molecule has 8 heteroatoms. The number of rotatable bonds is 6. The average molecular weight is 317 g/mol. The van der Waals surface area contributed by atoms with E-state index < -0.39 is 5.91 Å². The van der Waals surface area contributed by atoms with E-state index in [4.69, 9.17) is 4.74 Å². The molecule has 8 nitrogen and oxygen atoms in total. The van der Waals surface area contributed by atoms with E-state index in [1.54, 1.807) is 38.4 Å². The fourth-order valence-corrected chi connectivity index (χ4v) is 1.77. The lowest BCUT2D eigenvalue weighted by Crippen LogP contribution is -2.38. The van der Waals surface area contributed by atoms with Gasteiger partial charge in [-0.05, 0) is 24.3 Å². The van der Waals surface area contributed by atoms with E-state index in [1.807, 2.05) is 0 Å². The van der Waals surface area contributed by atoms with Gasteiger partial charge in [0.25, 0.3) is 5.91 Å². The summed E-state index contributed by atoms with van der Waals surface area (Å²) in [6.07, 6.45) is 0.437. The van der Waals surface area contributed by atoms with Crippen molar-refractivity contribution in [1.82, 2.24) is 10.5 Å². The number of nitrogens with zero attached hydrogens (tertiary/aromatic N) is 2. The Hall–Kier alpha value is -3.16. The fraction of sp³-hybridized carbons (Fsp3) is 0.200. The monoisotopic (exact) mass is 317 g/mol. The van der Waals surface area contributed by atoms with Crippen molar-refractivity contribution in [3.63, 3.8) is 0 Å². The van der Waals surface area contributed by atoms with Gasteiger partial charge >= 0.3 is 0 Å². The van der Waals surface area contributed by atoms with Gasteiger partial charge in [0.1, 0.15) is 5.75 Å². The van der Waals surface area contributed by atoms with Gasteiger partial charge in [-0.15, -0.1) is 0 Å². The van der Waals surface area contributed by atoms with Crippen molar-refractivity contribution in [3.8, 4) is 5.75 Å². The summed E-state index contributed by atoms with van der Waals surface area (Å²) < 4.78 is 9.64. The molecule has 0 saturated heterocycles. The highest BCUT2D eigenvalue weighted by Gasteiger charge is 2.16. The standard InChI is InChI=1S/C15H15N3O5/c1-18(10-3-5-11(22-2)6-4-10)14(20)8-16-15(21)13-7-12(9-19)23-17-13/h3-7,9H,8H2,1-2H3,(H,16,21). The number of ether oxygens (including phenoxy) is 1. The maximum absolute atomic E-state index is 12.1. The van der Waals surface area contributed by atoms with Crippen LogP contribution in [0.4, 0.5) is 5.69 Å². The molecule has 0 spiro atoms. The highest BCUT2D eigenvalue weighted by Crippen LogP contribution is 2.18. The molecule has 2 aromatic rings. The number of aromatic nitrogens is 1. The van der Waals surface area contributed by atoms with E-state index in [0.717, 1.165) is 0 Å². The Morgan fingerprint density at radius 1 is 1.35 bits per heavy atom. The zero-order valence-corrected chi connectivity index (χ0v) is 12.6. The third-order valence-corrected chi connectivity index (χ3v) is 3.11. The Labute approximate surface area is 132 Å². The predicted octanol–water partition coefficient (Wildman–Crippen LogP) is 0.888. The van der Waals surface area contributed by atoms with Gasteiger partial charge in [0, 0.05) is 18.8 Å². The maximum Gasteiger partial charge on any atom is 0.273 e. The number of hydrogen-bond acceptors (Lipinski definition) is 6. The molecule has 2 rings (SSSR count). The fourth-order valence-electron chi connectivity index (χ4n) is 1.77. The minimum absolute atomic E-state index is 0.0585. The molecule has 1 N–H and O–H groups in total. The van der Waals surface area contributed by atoms with Crippen molar-refractivity contribution < 1.29 is 23.6 Å². The van der Waals surface area contributed by atoms with E-state index in [9.17, 15) is 14.4 Å². The van der Waals surface area contributed by atoms with E-state index >= 15 is 0 Å². The van der Waals surface area contributed by atoms with Gasteiger partial charge in [-0.1, -0.05) is 5.16 Å². The molecule has 0 bridgehead atoms. The Morgan fingerprint density at radius 2 is 2.04 bits per heavy atom. The van der Waals surface area contributed by atoms with Crippen LogP contribution in [-0.2, 0) is 4.79 Å². The first-order valence-electron chi connectivity index (χ1n) is 6.66. The lowest BCUT2D eigenvalue weighted by molar-refractivity contribution is -0.117. The molecule has 1 aromatic heterocycles. The van der Waals surface area contributed by atoms with Crippen LogP contribution in [0, 0.1) is 0 Å². The summed E-state index contributed by atoms with van der Waals surface area (Å²) in [5.41, 5.74) is 0.599. The molecule has 0 fully saturated rings. The summed E-state index contributed by atoms with van der Waals surface area (Å²) in [7, 11) is 3.15. The molecule has 2 amide bonds. The molecule has 0 radical (unpaired) electrons. The number of aldehydes is 1. The molecule has 1 aromatic carbocycles. The summed E-state index contributed by atoms with van der Waals surface area (Å²) in [4.78, 5) is 35.7. The van der Waals surface area contributed by atoms with Crippen LogP contribution in [0.2, 0.25) is 0 Å². The molecule has 0 saturated carbocycles. The number of hydrogen-bond donors (Lipinski definition) is 1. The largest absolute Gasteiger partial charge is 0.497 e. The minimum atomic E-state index is -0.599. The van der Waals surface area contributed by atoms with Crippen LogP contribution in [0.3, 0.4) is 0 Å². The summed E-state index contributed by atoms with van der Waals surface area (Å²) in [5, 5.41) is 5.85. The van der Waals surface area contributed by atoms with Gasteiger partial charge in [0.15, 0.2) is 17.7 Å². The van der Waals surface area contributed by atoms with E-state index in [0.29, 0.717) is 17.7 Å². The highest BCUT2D eigenvalue weighted by molar-refractivity contribution is 5.99. The van der Waals surface area contributed by atoms with Crippen LogP contribution >= 0.6 is 0 Å². The van der Waals surface area contributed by atoms with E-state index in [2.05, 4.69) is 15.0 Å².